The average Bonchev–Trinajstić information content (AvgIpc) is 2.37. The number of hydrogen-bond acceptors (Lipinski definition) is 3. The lowest BCUT2D eigenvalue weighted by atomic mass is 10.1. The summed E-state index contributed by atoms with van der Waals surface area (Å²) in [6, 6.07) is 8.11. The largest absolute Gasteiger partial charge is 0.481 e. The molecule has 0 aliphatic carbocycles. The Kier molecular flexibility index (Phi) is 5.62. The molecule has 0 saturated heterocycles. The number of carboxylic acid groups (broad SMARTS) is 1. The van der Waals surface area contributed by atoms with Gasteiger partial charge in [0.25, 0.3) is 0 Å². The maximum absolute atomic E-state index is 11.0. The van der Waals surface area contributed by atoms with Gasteiger partial charge in [-0.05, 0) is 31.2 Å². The molecule has 110 valence electrons. The molecule has 0 amide bonds. The second-order valence-electron chi connectivity index (χ2n) is 5.49. The van der Waals surface area contributed by atoms with E-state index in [4.69, 9.17) is 5.11 Å². The molecule has 1 rings (SSSR count). The summed E-state index contributed by atoms with van der Waals surface area (Å²) < 4.78 is 0. The molecule has 0 aliphatic rings. The van der Waals surface area contributed by atoms with Crippen LogP contribution in [-0.2, 0) is 4.79 Å². The minimum Gasteiger partial charge on any atom is -0.481 e. The minimum atomic E-state index is -0.776. The van der Waals surface area contributed by atoms with Crippen molar-refractivity contribution in [3.8, 4) is 0 Å². The van der Waals surface area contributed by atoms with E-state index in [1.54, 1.807) is 6.92 Å². The third-order valence-electron chi connectivity index (χ3n) is 3.11. The maximum Gasteiger partial charge on any atom is 0.308 e. The summed E-state index contributed by atoms with van der Waals surface area (Å²) >= 11 is 0. The zero-order chi connectivity index (χ0) is 15.3. The molecular formula is C16H24N2O2. The van der Waals surface area contributed by atoms with Crippen LogP contribution in [-0.4, -0.2) is 38.3 Å². The van der Waals surface area contributed by atoms with Crippen molar-refractivity contribution in [1.82, 2.24) is 0 Å². The van der Waals surface area contributed by atoms with Gasteiger partial charge in [0.1, 0.15) is 0 Å². The van der Waals surface area contributed by atoms with Crippen molar-refractivity contribution in [1.29, 1.82) is 0 Å². The normalized spacial score (nSPS) is 11.8. The van der Waals surface area contributed by atoms with Gasteiger partial charge >= 0.3 is 5.97 Å². The van der Waals surface area contributed by atoms with Gasteiger partial charge in [0, 0.05) is 38.6 Å². The zero-order valence-electron chi connectivity index (χ0n) is 12.8. The van der Waals surface area contributed by atoms with Crippen LogP contribution < -0.4 is 9.80 Å². The van der Waals surface area contributed by atoms with Crippen LogP contribution in [0.4, 0.5) is 11.4 Å². The summed E-state index contributed by atoms with van der Waals surface area (Å²) in [6.45, 7) is 8.74. The van der Waals surface area contributed by atoms with E-state index in [9.17, 15) is 4.79 Å². The smallest absolute Gasteiger partial charge is 0.308 e. The molecule has 4 heteroatoms. The van der Waals surface area contributed by atoms with E-state index in [1.165, 1.54) is 0 Å². The lowest BCUT2D eigenvalue weighted by Crippen LogP contribution is -2.33. The quantitative estimate of drug-likeness (QED) is 0.778. The zero-order valence-corrected chi connectivity index (χ0v) is 12.8. The van der Waals surface area contributed by atoms with Crippen molar-refractivity contribution in [3.05, 3.63) is 36.4 Å². The van der Waals surface area contributed by atoms with Crippen molar-refractivity contribution < 1.29 is 9.90 Å². The first-order valence-electron chi connectivity index (χ1n) is 6.70. The summed E-state index contributed by atoms with van der Waals surface area (Å²) in [5.74, 6) is -1.19. The van der Waals surface area contributed by atoms with E-state index in [0.717, 1.165) is 16.9 Å². The van der Waals surface area contributed by atoms with Crippen LogP contribution in [0.25, 0.3) is 0 Å². The molecular weight excluding hydrogens is 252 g/mol. The number of carbonyl (C=O) groups is 1. The Hall–Kier alpha value is -1.97. The van der Waals surface area contributed by atoms with Crippen LogP contribution in [0.15, 0.2) is 36.4 Å². The number of nitrogens with zero attached hydrogens (tertiary/aromatic N) is 2. The summed E-state index contributed by atoms with van der Waals surface area (Å²) in [5, 5.41) is 9.07. The molecule has 0 aliphatic heterocycles. The Bertz CT molecular complexity index is 466. The third kappa shape index (κ3) is 4.61. The average molecular weight is 276 g/mol. The fourth-order valence-electron chi connectivity index (χ4n) is 1.96. The van der Waals surface area contributed by atoms with Crippen molar-refractivity contribution in [3.63, 3.8) is 0 Å². The van der Waals surface area contributed by atoms with Crippen LogP contribution in [0.3, 0.4) is 0 Å². The highest BCUT2D eigenvalue weighted by Gasteiger charge is 2.16. The predicted molar refractivity (Wildman–Crippen MR) is 84.6 cm³/mol. The number of benzene rings is 1. The molecule has 0 heterocycles. The Morgan fingerprint density at radius 2 is 1.75 bits per heavy atom. The van der Waals surface area contributed by atoms with Crippen molar-refractivity contribution in [2.45, 2.75) is 13.8 Å². The molecule has 0 saturated carbocycles. The van der Waals surface area contributed by atoms with E-state index in [0.29, 0.717) is 13.1 Å². The topological polar surface area (TPSA) is 43.8 Å². The summed E-state index contributed by atoms with van der Waals surface area (Å²) in [4.78, 5) is 15.1. The number of aliphatic carboxylic acids is 1. The summed E-state index contributed by atoms with van der Waals surface area (Å²) in [5.41, 5.74) is 3.15. The molecule has 0 radical (unpaired) electrons. The molecule has 0 fully saturated rings. The molecule has 20 heavy (non-hydrogen) atoms. The molecule has 1 aromatic rings. The second-order valence-corrected chi connectivity index (χ2v) is 5.49. The fraction of sp³-hybridized carbons (Fsp3) is 0.438. The summed E-state index contributed by atoms with van der Waals surface area (Å²) in [6.07, 6.45) is 0. The van der Waals surface area contributed by atoms with Gasteiger partial charge in [-0.2, -0.15) is 0 Å². The van der Waals surface area contributed by atoms with Gasteiger partial charge in [-0.3, -0.25) is 4.79 Å². The van der Waals surface area contributed by atoms with E-state index in [-0.39, 0.29) is 0 Å². The van der Waals surface area contributed by atoms with Gasteiger partial charge < -0.3 is 14.9 Å². The minimum absolute atomic E-state index is 0.414. The maximum atomic E-state index is 11.0. The number of anilines is 2. The fourth-order valence-corrected chi connectivity index (χ4v) is 1.96. The first-order chi connectivity index (χ1) is 9.31. The SMILES string of the molecule is C=C(C)CN(CC(C)C(=O)O)c1ccc(N(C)C)cc1. The van der Waals surface area contributed by atoms with E-state index >= 15 is 0 Å². The molecule has 1 aromatic carbocycles. The molecule has 1 atom stereocenters. The first kappa shape index (κ1) is 16.1. The van der Waals surface area contributed by atoms with Gasteiger partial charge in [0.15, 0.2) is 0 Å². The molecule has 0 bridgehead atoms. The Morgan fingerprint density at radius 3 is 2.15 bits per heavy atom. The van der Waals surface area contributed by atoms with Crippen LogP contribution in [0.2, 0.25) is 0 Å². The highest BCUT2D eigenvalue weighted by atomic mass is 16.4. The van der Waals surface area contributed by atoms with Gasteiger partial charge in [-0.1, -0.05) is 19.1 Å². The van der Waals surface area contributed by atoms with E-state index < -0.39 is 11.9 Å². The monoisotopic (exact) mass is 276 g/mol. The molecule has 4 nitrogen and oxygen atoms in total. The van der Waals surface area contributed by atoms with Gasteiger partial charge in [0.2, 0.25) is 0 Å². The Morgan fingerprint density at radius 1 is 1.25 bits per heavy atom. The predicted octanol–water partition coefficient (Wildman–Crippen LogP) is 2.86. The molecule has 1 N–H and O–H groups in total. The molecule has 0 aromatic heterocycles. The van der Waals surface area contributed by atoms with Crippen molar-refractivity contribution in [2.75, 3.05) is 37.0 Å². The highest BCUT2D eigenvalue weighted by Crippen LogP contribution is 2.21. The Balaban J connectivity index is 2.92. The second kappa shape index (κ2) is 6.98. The summed E-state index contributed by atoms with van der Waals surface area (Å²) in [7, 11) is 3.99. The first-order valence-corrected chi connectivity index (χ1v) is 6.70. The van der Waals surface area contributed by atoms with Crippen molar-refractivity contribution >= 4 is 17.3 Å². The standard InChI is InChI=1S/C16H24N2O2/c1-12(2)10-18(11-13(3)16(19)20)15-8-6-14(7-9-15)17(4)5/h6-9,13H,1,10-11H2,2-5H3,(H,19,20). The van der Waals surface area contributed by atoms with Gasteiger partial charge in [0.05, 0.1) is 5.92 Å². The molecule has 1 unspecified atom stereocenters. The number of hydrogen-bond donors (Lipinski definition) is 1. The number of rotatable bonds is 7. The van der Waals surface area contributed by atoms with Crippen LogP contribution >= 0.6 is 0 Å². The lowest BCUT2D eigenvalue weighted by Gasteiger charge is -2.27. The van der Waals surface area contributed by atoms with E-state index in [2.05, 4.69) is 11.5 Å². The Labute approximate surface area is 121 Å². The van der Waals surface area contributed by atoms with Crippen LogP contribution in [0.1, 0.15) is 13.8 Å². The third-order valence-corrected chi connectivity index (χ3v) is 3.11. The van der Waals surface area contributed by atoms with Crippen LogP contribution in [0, 0.1) is 5.92 Å². The number of carboxylic acids is 1. The van der Waals surface area contributed by atoms with Gasteiger partial charge in [-0.15, -0.1) is 0 Å². The van der Waals surface area contributed by atoms with Crippen LogP contribution in [0.5, 0.6) is 0 Å². The van der Waals surface area contributed by atoms with Crippen molar-refractivity contribution in [2.24, 2.45) is 5.92 Å². The van der Waals surface area contributed by atoms with Gasteiger partial charge in [-0.25, -0.2) is 0 Å². The molecule has 0 spiro atoms. The lowest BCUT2D eigenvalue weighted by molar-refractivity contribution is -0.140. The van der Waals surface area contributed by atoms with E-state index in [1.807, 2.05) is 50.2 Å². The highest BCUT2D eigenvalue weighted by molar-refractivity contribution is 5.70.